The average Bonchev–Trinajstić information content (AvgIpc) is 2.40. The maximum absolute atomic E-state index is 9.18. The zero-order valence-electron chi connectivity index (χ0n) is 12.2. The first-order valence-corrected chi connectivity index (χ1v) is 8.11. The summed E-state index contributed by atoms with van der Waals surface area (Å²) >= 11 is 0. The fourth-order valence-electron chi connectivity index (χ4n) is 3.78. The van der Waals surface area contributed by atoms with Crippen molar-refractivity contribution < 1.29 is 5.11 Å². The average molecular weight is 269 g/mol. The standard InChI is InChI=1S/C15H31N3O/c16-7-8-18-11-13(6-9-19)10-15(12-18)17-14-4-2-1-3-5-14/h13-15,17,19H,1-12,16H2. The van der Waals surface area contributed by atoms with Gasteiger partial charge in [-0.3, -0.25) is 0 Å². The quantitative estimate of drug-likeness (QED) is 0.671. The van der Waals surface area contributed by atoms with Crippen molar-refractivity contribution in [2.24, 2.45) is 11.7 Å². The summed E-state index contributed by atoms with van der Waals surface area (Å²) in [6.45, 7) is 4.29. The number of likely N-dealkylation sites (tertiary alicyclic amines) is 1. The Morgan fingerprint density at radius 2 is 1.89 bits per heavy atom. The number of hydrogen-bond acceptors (Lipinski definition) is 4. The van der Waals surface area contributed by atoms with E-state index in [1.165, 1.54) is 38.5 Å². The zero-order chi connectivity index (χ0) is 13.5. The summed E-state index contributed by atoms with van der Waals surface area (Å²) in [6.07, 6.45) is 9.03. The van der Waals surface area contributed by atoms with Gasteiger partial charge in [0.25, 0.3) is 0 Å². The third kappa shape index (κ3) is 5.03. The number of nitrogens with one attached hydrogen (secondary N) is 1. The van der Waals surface area contributed by atoms with E-state index in [4.69, 9.17) is 5.73 Å². The van der Waals surface area contributed by atoms with Crippen LogP contribution in [-0.2, 0) is 0 Å². The molecule has 1 aliphatic heterocycles. The van der Waals surface area contributed by atoms with Gasteiger partial charge in [-0.25, -0.2) is 0 Å². The van der Waals surface area contributed by atoms with Crippen LogP contribution in [0.1, 0.15) is 44.9 Å². The smallest absolute Gasteiger partial charge is 0.0434 e. The predicted molar refractivity (Wildman–Crippen MR) is 79.1 cm³/mol. The monoisotopic (exact) mass is 269 g/mol. The van der Waals surface area contributed by atoms with Gasteiger partial charge < -0.3 is 21.1 Å². The highest BCUT2D eigenvalue weighted by Crippen LogP contribution is 2.23. The molecule has 2 atom stereocenters. The third-order valence-electron chi connectivity index (χ3n) is 4.67. The minimum absolute atomic E-state index is 0.317. The summed E-state index contributed by atoms with van der Waals surface area (Å²) in [4.78, 5) is 2.48. The second-order valence-electron chi connectivity index (χ2n) is 6.36. The molecule has 0 bridgehead atoms. The van der Waals surface area contributed by atoms with Crippen molar-refractivity contribution in [2.45, 2.75) is 57.0 Å². The van der Waals surface area contributed by atoms with Gasteiger partial charge in [0.15, 0.2) is 0 Å². The first kappa shape index (κ1) is 15.2. The molecule has 2 aliphatic rings. The molecule has 1 heterocycles. The number of nitrogens with two attached hydrogens (primary N) is 1. The van der Waals surface area contributed by atoms with Crippen molar-refractivity contribution in [2.75, 3.05) is 32.8 Å². The van der Waals surface area contributed by atoms with Crippen LogP contribution >= 0.6 is 0 Å². The van der Waals surface area contributed by atoms with Crippen molar-refractivity contribution >= 4 is 0 Å². The van der Waals surface area contributed by atoms with Crippen molar-refractivity contribution in [1.29, 1.82) is 0 Å². The molecule has 0 spiro atoms. The maximum Gasteiger partial charge on any atom is 0.0434 e. The van der Waals surface area contributed by atoms with Crippen molar-refractivity contribution in [3.63, 3.8) is 0 Å². The van der Waals surface area contributed by atoms with Crippen LogP contribution in [0.2, 0.25) is 0 Å². The van der Waals surface area contributed by atoms with Gasteiger partial charge in [-0.05, 0) is 31.6 Å². The van der Waals surface area contributed by atoms with E-state index < -0.39 is 0 Å². The zero-order valence-corrected chi connectivity index (χ0v) is 12.2. The van der Waals surface area contributed by atoms with Gasteiger partial charge in [0.2, 0.25) is 0 Å². The minimum Gasteiger partial charge on any atom is -0.396 e. The Kier molecular flexibility index (Phi) is 6.57. The Bertz CT molecular complexity index is 230. The fraction of sp³-hybridized carbons (Fsp3) is 1.00. The molecule has 4 heteroatoms. The molecule has 1 saturated heterocycles. The molecular weight excluding hydrogens is 238 g/mol. The molecule has 19 heavy (non-hydrogen) atoms. The summed E-state index contributed by atoms with van der Waals surface area (Å²) in [5.41, 5.74) is 5.70. The minimum atomic E-state index is 0.317. The molecule has 4 nitrogen and oxygen atoms in total. The summed E-state index contributed by atoms with van der Waals surface area (Å²) in [7, 11) is 0. The van der Waals surface area contributed by atoms with Crippen LogP contribution in [-0.4, -0.2) is 54.9 Å². The lowest BCUT2D eigenvalue weighted by atomic mass is 9.89. The summed E-state index contributed by atoms with van der Waals surface area (Å²) in [5.74, 6) is 0.631. The molecule has 1 saturated carbocycles. The molecule has 0 amide bonds. The molecule has 2 unspecified atom stereocenters. The van der Waals surface area contributed by atoms with Crippen LogP contribution in [0.15, 0.2) is 0 Å². The number of aliphatic hydroxyl groups is 1. The highest BCUT2D eigenvalue weighted by molar-refractivity contribution is 4.86. The van der Waals surface area contributed by atoms with Crippen LogP contribution in [0.3, 0.4) is 0 Å². The van der Waals surface area contributed by atoms with Crippen LogP contribution in [0.4, 0.5) is 0 Å². The Morgan fingerprint density at radius 1 is 1.11 bits per heavy atom. The normalized spacial score (nSPS) is 30.6. The fourth-order valence-corrected chi connectivity index (χ4v) is 3.78. The summed E-state index contributed by atoms with van der Waals surface area (Å²) < 4.78 is 0. The number of nitrogens with zero attached hydrogens (tertiary/aromatic N) is 1. The van der Waals surface area contributed by atoms with Gasteiger partial charge in [-0.15, -0.1) is 0 Å². The maximum atomic E-state index is 9.18. The number of piperidine rings is 1. The third-order valence-corrected chi connectivity index (χ3v) is 4.67. The van der Waals surface area contributed by atoms with E-state index in [0.717, 1.165) is 38.6 Å². The van der Waals surface area contributed by atoms with Crippen molar-refractivity contribution in [3.8, 4) is 0 Å². The van der Waals surface area contributed by atoms with E-state index in [2.05, 4.69) is 10.2 Å². The van der Waals surface area contributed by atoms with E-state index in [0.29, 0.717) is 18.6 Å². The second-order valence-corrected chi connectivity index (χ2v) is 6.36. The molecule has 2 rings (SSSR count). The van der Waals surface area contributed by atoms with Gasteiger partial charge in [-0.1, -0.05) is 19.3 Å². The van der Waals surface area contributed by atoms with Crippen LogP contribution in [0, 0.1) is 5.92 Å². The van der Waals surface area contributed by atoms with Gasteiger partial charge in [0.05, 0.1) is 0 Å². The highest BCUT2D eigenvalue weighted by Gasteiger charge is 2.28. The van der Waals surface area contributed by atoms with Crippen molar-refractivity contribution in [1.82, 2.24) is 10.2 Å². The largest absolute Gasteiger partial charge is 0.396 e. The van der Waals surface area contributed by atoms with Gasteiger partial charge in [0, 0.05) is 44.9 Å². The van der Waals surface area contributed by atoms with Gasteiger partial charge in [0.1, 0.15) is 0 Å². The highest BCUT2D eigenvalue weighted by atomic mass is 16.3. The van der Waals surface area contributed by atoms with Crippen LogP contribution in [0.25, 0.3) is 0 Å². The SMILES string of the molecule is NCCN1CC(CCO)CC(NC2CCCCC2)C1. The second kappa shape index (κ2) is 8.20. The molecule has 112 valence electrons. The van der Waals surface area contributed by atoms with Crippen molar-refractivity contribution in [3.05, 3.63) is 0 Å². The molecule has 0 aromatic heterocycles. The lowest BCUT2D eigenvalue weighted by Gasteiger charge is -2.40. The lowest BCUT2D eigenvalue weighted by molar-refractivity contribution is 0.115. The number of aliphatic hydroxyl groups excluding tert-OH is 1. The molecule has 0 aromatic rings. The predicted octanol–water partition coefficient (Wildman–Crippen LogP) is 0.940. The molecular formula is C15H31N3O. The summed E-state index contributed by atoms with van der Waals surface area (Å²) in [6, 6.07) is 1.33. The Balaban J connectivity index is 1.82. The Morgan fingerprint density at radius 3 is 2.58 bits per heavy atom. The molecule has 0 radical (unpaired) electrons. The van der Waals surface area contributed by atoms with E-state index in [9.17, 15) is 5.11 Å². The summed E-state index contributed by atoms with van der Waals surface area (Å²) in [5, 5.41) is 13.0. The Labute approximate surface area is 117 Å². The number of rotatable bonds is 6. The molecule has 0 aromatic carbocycles. The molecule has 1 aliphatic carbocycles. The first-order valence-electron chi connectivity index (χ1n) is 8.11. The van der Waals surface area contributed by atoms with Gasteiger partial charge >= 0.3 is 0 Å². The van der Waals surface area contributed by atoms with E-state index >= 15 is 0 Å². The molecule has 2 fully saturated rings. The van der Waals surface area contributed by atoms with Crippen LogP contribution in [0.5, 0.6) is 0 Å². The van der Waals surface area contributed by atoms with E-state index in [1.54, 1.807) is 0 Å². The first-order chi connectivity index (χ1) is 9.31. The molecule has 4 N–H and O–H groups in total. The lowest BCUT2D eigenvalue weighted by Crippen LogP contribution is -2.53. The number of hydrogen-bond donors (Lipinski definition) is 3. The van der Waals surface area contributed by atoms with Gasteiger partial charge in [-0.2, -0.15) is 0 Å². The topological polar surface area (TPSA) is 61.5 Å². The van der Waals surface area contributed by atoms with E-state index in [-0.39, 0.29) is 0 Å². The van der Waals surface area contributed by atoms with E-state index in [1.807, 2.05) is 0 Å². The Hall–Kier alpha value is -0.160. The van der Waals surface area contributed by atoms with Crippen LogP contribution < -0.4 is 11.1 Å².